The van der Waals surface area contributed by atoms with Crippen LogP contribution in [0.1, 0.15) is 23.3 Å². The van der Waals surface area contributed by atoms with E-state index in [4.69, 9.17) is 0 Å². The van der Waals surface area contributed by atoms with Crippen LogP contribution in [-0.4, -0.2) is 31.7 Å². The molecule has 2 unspecified atom stereocenters. The van der Waals surface area contributed by atoms with Gasteiger partial charge in [0, 0.05) is 23.9 Å². The Bertz CT molecular complexity index is 924. The summed E-state index contributed by atoms with van der Waals surface area (Å²) in [5, 5.41) is 4.99. The van der Waals surface area contributed by atoms with E-state index in [0.717, 1.165) is 23.3 Å². The van der Waals surface area contributed by atoms with E-state index in [1.165, 1.54) is 0 Å². The lowest BCUT2D eigenvalue weighted by atomic mass is 10.0. The van der Waals surface area contributed by atoms with Crippen LogP contribution < -0.4 is 5.32 Å². The van der Waals surface area contributed by atoms with E-state index in [1.54, 1.807) is 33.8 Å². The van der Waals surface area contributed by atoms with Crippen molar-refractivity contribution in [3.63, 3.8) is 0 Å². The van der Waals surface area contributed by atoms with Crippen molar-refractivity contribution < 1.29 is 13.2 Å². The fourth-order valence-electron chi connectivity index (χ4n) is 3.87. The first-order valence-electron chi connectivity index (χ1n) is 8.78. The van der Waals surface area contributed by atoms with Crippen LogP contribution in [0.5, 0.6) is 0 Å². The average Bonchev–Trinajstić information content (AvgIpc) is 2.97. The molecular weight excluding hydrogens is 368 g/mol. The average molecular weight is 391 g/mol. The Kier molecular flexibility index (Phi) is 4.41. The van der Waals surface area contributed by atoms with Gasteiger partial charge in [-0.05, 0) is 54.3 Å². The minimum Gasteiger partial charge on any atom is -0.351 e. The van der Waals surface area contributed by atoms with Crippen LogP contribution >= 0.6 is 11.3 Å². The number of thiophene rings is 1. The largest absolute Gasteiger partial charge is 0.351 e. The van der Waals surface area contributed by atoms with Crippen LogP contribution in [0.4, 0.5) is 0 Å². The van der Waals surface area contributed by atoms with Crippen molar-refractivity contribution in [2.75, 3.05) is 13.1 Å². The summed E-state index contributed by atoms with van der Waals surface area (Å²) in [7, 11) is -3.49. The van der Waals surface area contributed by atoms with Crippen molar-refractivity contribution in [3.8, 4) is 0 Å². The first kappa shape index (κ1) is 17.7. The fraction of sp³-hybridized carbons (Fsp3) is 0.421. The number of benzene rings is 1. The smallest absolute Gasteiger partial charge is 0.243 e. The number of aryl methyl sites for hydroxylation is 1. The molecule has 1 spiro atoms. The minimum atomic E-state index is -3.49. The fourth-order valence-corrected chi connectivity index (χ4v) is 6.15. The summed E-state index contributed by atoms with van der Waals surface area (Å²) in [5.74, 6) is -0.0200. The summed E-state index contributed by atoms with van der Waals surface area (Å²) in [6.07, 6.45) is 1.54. The molecule has 7 heteroatoms. The normalized spacial score (nSPS) is 25.5. The topological polar surface area (TPSA) is 66.5 Å². The molecule has 2 aliphatic rings. The van der Waals surface area contributed by atoms with E-state index in [1.807, 2.05) is 30.5 Å². The zero-order valence-electron chi connectivity index (χ0n) is 14.6. The zero-order valence-corrected chi connectivity index (χ0v) is 16.3. The third-order valence-electron chi connectivity index (χ3n) is 5.50. The van der Waals surface area contributed by atoms with Gasteiger partial charge in [-0.15, -0.1) is 11.3 Å². The Balaban J connectivity index is 1.40. The molecule has 2 fully saturated rings. The summed E-state index contributed by atoms with van der Waals surface area (Å²) in [4.78, 5) is 13.9. The van der Waals surface area contributed by atoms with E-state index in [-0.39, 0.29) is 17.2 Å². The van der Waals surface area contributed by atoms with Crippen LogP contribution in [-0.2, 0) is 21.4 Å². The zero-order chi connectivity index (χ0) is 18.4. The molecule has 1 aliphatic heterocycles. The Morgan fingerprint density at radius 2 is 2.19 bits per heavy atom. The van der Waals surface area contributed by atoms with E-state index in [0.29, 0.717) is 24.5 Å². The molecule has 1 amide bonds. The van der Waals surface area contributed by atoms with Crippen LogP contribution in [0.2, 0.25) is 0 Å². The van der Waals surface area contributed by atoms with Crippen molar-refractivity contribution in [2.24, 2.45) is 11.3 Å². The summed E-state index contributed by atoms with van der Waals surface area (Å²) >= 11 is 1.62. The number of nitrogens with zero attached hydrogens (tertiary/aromatic N) is 1. The second-order valence-corrected chi connectivity index (χ2v) is 10.3. The standard InChI is InChI=1S/C19H22N2O3S2/c1-14-4-2-6-16(10-14)26(23,24)21-8-7-19(13-21)11-17(19)18(22)20-12-15-5-3-9-25-15/h2-6,9-10,17H,7-8,11-13H2,1H3,(H,20,22). The van der Waals surface area contributed by atoms with Gasteiger partial charge in [0.25, 0.3) is 0 Å². The first-order chi connectivity index (χ1) is 12.4. The maximum Gasteiger partial charge on any atom is 0.243 e. The Morgan fingerprint density at radius 1 is 1.35 bits per heavy atom. The van der Waals surface area contributed by atoms with Gasteiger partial charge in [-0.2, -0.15) is 4.31 Å². The molecule has 5 nitrogen and oxygen atoms in total. The summed E-state index contributed by atoms with van der Waals surface area (Å²) in [5.41, 5.74) is 0.758. The van der Waals surface area contributed by atoms with Gasteiger partial charge in [0.2, 0.25) is 15.9 Å². The number of amides is 1. The van der Waals surface area contributed by atoms with E-state index in [9.17, 15) is 13.2 Å². The molecule has 2 aromatic rings. The van der Waals surface area contributed by atoms with Crippen molar-refractivity contribution in [3.05, 3.63) is 52.2 Å². The van der Waals surface area contributed by atoms with E-state index in [2.05, 4.69) is 5.32 Å². The molecule has 1 N–H and O–H groups in total. The summed E-state index contributed by atoms with van der Waals surface area (Å²) in [6.45, 7) is 3.37. The van der Waals surface area contributed by atoms with Gasteiger partial charge in [-0.1, -0.05) is 18.2 Å². The molecule has 4 rings (SSSR count). The number of carbonyl (C=O) groups excluding carboxylic acids is 1. The van der Waals surface area contributed by atoms with E-state index >= 15 is 0 Å². The molecule has 2 atom stereocenters. The summed E-state index contributed by atoms with van der Waals surface area (Å²) < 4.78 is 27.3. The Morgan fingerprint density at radius 3 is 2.92 bits per heavy atom. The van der Waals surface area contributed by atoms with Crippen LogP contribution in [0.25, 0.3) is 0 Å². The van der Waals surface area contributed by atoms with Crippen molar-refractivity contribution in [1.29, 1.82) is 0 Å². The number of hydrogen-bond acceptors (Lipinski definition) is 4. The van der Waals surface area contributed by atoms with Crippen molar-refractivity contribution in [1.82, 2.24) is 9.62 Å². The lowest BCUT2D eigenvalue weighted by molar-refractivity contribution is -0.123. The van der Waals surface area contributed by atoms with Crippen molar-refractivity contribution >= 4 is 27.3 Å². The predicted octanol–water partition coefficient (Wildman–Crippen LogP) is 2.77. The Hall–Kier alpha value is -1.70. The first-order valence-corrected chi connectivity index (χ1v) is 11.1. The highest BCUT2D eigenvalue weighted by molar-refractivity contribution is 7.89. The van der Waals surface area contributed by atoms with Gasteiger partial charge in [-0.25, -0.2) is 8.42 Å². The monoisotopic (exact) mass is 390 g/mol. The van der Waals surface area contributed by atoms with Crippen LogP contribution in [0.15, 0.2) is 46.7 Å². The number of carbonyl (C=O) groups is 1. The van der Waals surface area contributed by atoms with Gasteiger partial charge in [-0.3, -0.25) is 4.79 Å². The van der Waals surface area contributed by atoms with Gasteiger partial charge in [0.05, 0.1) is 11.4 Å². The highest BCUT2D eigenvalue weighted by Gasteiger charge is 2.62. The third-order valence-corrected chi connectivity index (χ3v) is 8.22. The molecule has 0 bridgehead atoms. The van der Waals surface area contributed by atoms with Crippen LogP contribution in [0.3, 0.4) is 0 Å². The maximum atomic E-state index is 12.9. The maximum absolute atomic E-state index is 12.9. The SMILES string of the molecule is Cc1cccc(S(=O)(=O)N2CCC3(CC3C(=O)NCc3cccs3)C2)c1. The second-order valence-electron chi connectivity index (χ2n) is 7.32. The summed E-state index contributed by atoms with van der Waals surface area (Å²) in [6, 6.07) is 11.0. The third kappa shape index (κ3) is 3.19. The molecule has 1 aromatic heterocycles. The van der Waals surface area contributed by atoms with E-state index < -0.39 is 10.0 Å². The number of sulfonamides is 1. The number of nitrogens with one attached hydrogen (secondary N) is 1. The minimum absolute atomic E-state index is 0.0493. The van der Waals surface area contributed by atoms with Gasteiger partial charge in [0.1, 0.15) is 0 Å². The Labute approximate surface area is 158 Å². The van der Waals surface area contributed by atoms with Crippen molar-refractivity contribution in [2.45, 2.75) is 31.2 Å². The molecule has 138 valence electrons. The molecule has 26 heavy (non-hydrogen) atoms. The van der Waals surface area contributed by atoms with Gasteiger partial charge in [0.15, 0.2) is 0 Å². The molecule has 1 aliphatic carbocycles. The quantitative estimate of drug-likeness (QED) is 0.854. The van der Waals surface area contributed by atoms with Gasteiger partial charge < -0.3 is 5.32 Å². The molecule has 2 heterocycles. The second kappa shape index (κ2) is 6.48. The highest BCUT2D eigenvalue weighted by Crippen LogP contribution is 2.59. The number of rotatable bonds is 5. The molecule has 1 aromatic carbocycles. The molecule has 1 saturated carbocycles. The lowest BCUT2D eigenvalue weighted by Crippen LogP contribution is -2.31. The van der Waals surface area contributed by atoms with Crippen LogP contribution in [0, 0.1) is 18.3 Å². The highest BCUT2D eigenvalue weighted by atomic mass is 32.2. The lowest BCUT2D eigenvalue weighted by Gasteiger charge is -2.17. The molecular formula is C19H22N2O3S2. The van der Waals surface area contributed by atoms with Gasteiger partial charge >= 0.3 is 0 Å². The molecule has 1 saturated heterocycles. The predicted molar refractivity (Wildman–Crippen MR) is 101 cm³/mol. The number of hydrogen-bond donors (Lipinski definition) is 1. The molecule has 0 radical (unpaired) electrons.